The van der Waals surface area contributed by atoms with Crippen LogP contribution in [-0.4, -0.2) is 37.7 Å². The van der Waals surface area contributed by atoms with Crippen LogP contribution in [0.1, 0.15) is 30.9 Å². The highest BCUT2D eigenvalue weighted by Gasteiger charge is 2.46. The third kappa shape index (κ3) is 3.57. The maximum Gasteiger partial charge on any atom is 0.416 e. The quantitative estimate of drug-likeness (QED) is 0.882. The van der Waals surface area contributed by atoms with Crippen LogP contribution in [0.2, 0.25) is 0 Å². The molecular formula is C17H21F3N2O2. The van der Waals surface area contributed by atoms with Crippen molar-refractivity contribution < 1.29 is 22.7 Å². The summed E-state index contributed by atoms with van der Waals surface area (Å²) >= 11 is 0. The Morgan fingerprint density at radius 1 is 1.42 bits per heavy atom. The second kappa shape index (κ2) is 6.37. The maximum absolute atomic E-state index is 12.9. The molecule has 1 heterocycles. The second-order valence-electron chi connectivity index (χ2n) is 6.58. The number of halogens is 3. The molecule has 0 spiro atoms. The van der Waals surface area contributed by atoms with Crippen molar-refractivity contribution in [3.05, 3.63) is 35.4 Å². The number of carbonyl (C=O) groups is 1. The average molecular weight is 342 g/mol. The van der Waals surface area contributed by atoms with E-state index in [2.05, 4.69) is 10.6 Å². The summed E-state index contributed by atoms with van der Waals surface area (Å²) < 4.78 is 44.1. The van der Waals surface area contributed by atoms with Crippen LogP contribution in [0.25, 0.3) is 0 Å². The fourth-order valence-corrected chi connectivity index (χ4v) is 3.14. The number of morpholine rings is 1. The summed E-state index contributed by atoms with van der Waals surface area (Å²) in [6.45, 7) is 3.36. The van der Waals surface area contributed by atoms with Crippen molar-refractivity contribution in [3.63, 3.8) is 0 Å². The van der Waals surface area contributed by atoms with E-state index >= 15 is 0 Å². The molecule has 1 saturated carbocycles. The molecule has 2 N–H and O–H groups in total. The van der Waals surface area contributed by atoms with Gasteiger partial charge in [-0.25, -0.2) is 0 Å². The Bertz CT molecular complexity index is 614. The summed E-state index contributed by atoms with van der Waals surface area (Å²) in [6, 6.07) is 4.99. The number of amides is 1. The molecule has 1 aliphatic carbocycles. The molecule has 4 nitrogen and oxygen atoms in total. The third-order valence-electron chi connectivity index (χ3n) is 4.86. The summed E-state index contributed by atoms with van der Waals surface area (Å²) in [4.78, 5) is 12.3. The Morgan fingerprint density at radius 3 is 2.79 bits per heavy atom. The van der Waals surface area contributed by atoms with Crippen molar-refractivity contribution in [2.45, 2.75) is 43.5 Å². The SMILES string of the molecule is C[C@H]1OCCN[C@@H]1C(=O)NCC1(c2cccc(C(F)(F)F)c2)CC1. The molecule has 1 aromatic rings. The molecule has 0 unspecified atom stereocenters. The molecule has 2 aliphatic rings. The van der Waals surface area contributed by atoms with E-state index in [1.807, 2.05) is 6.92 Å². The first-order valence-corrected chi connectivity index (χ1v) is 8.12. The predicted molar refractivity (Wildman–Crippen MR) is 82.6 cm³/mol. The van der Waals surface area contributed by atoms with Gasteiger partial charge in [0.1, 0.15) is 6.04 Å². The van der Waals surface area contributed by atoms with Gasteiger partial charge in [-0.05, 0) is 31.4 Å². The number of hydrogen-bond donors (Lipinski definition) is 2. The van der Waals surface area contributed by atoms with Gasteiger partial charge in [0.05, 0.1) is 18.3 Å². The van der Waals surface area contributed by atoms with Crippen LogP contribution in [0, 0.1) is 0 Å². The number of carbonyl (C=O) groups excluding carboxylic acids is 1. The van der Waals surface area contributed by atoms with Crippen LogP contribution < -0.4 is 10.6 Å². The van der Waals surface area contributed by atoms with Gasteiger partial charge in [0.25, 0.3) is 0 Å². The molecule has 1 saturated heterocycles. The first-order chi connectivity index (χ1) is 11.3. The molecule has 1 amide bonds. The summed E-state index contributed by atoms with van der Waals surface area (Å²) in [5.74, 6) is -0.166. The Labute approximate surface area is 138 Å². The van der Waals surface area contributed by atoms with Crippen molar-refractivity contribution in [3.8, 4) is 0 Å². The van der Waals surface area contributed by atoms with E-state index in [9.17, 15) is 18.0 Å². The van der Waals surface area contributed by atoms with Gasteiger partial charge >= 0.3 is 6.18 Å². The molecule has 132 valence electrons. The summed E-state index contributed by atoms with van der Waals surface area (Å²) in [5.41, 5.74) is -0.387. The van der Waals surface area contributed by atoms with Crippen molar-refractivity contribution in [1.82, 2.24) is 10.6 Å². The molecule has 1 aromatic carbocycles. The van der Waals surface area contributed by atoms with Crippen LogP contribution in [0.15, 0.2) is 24.3 Å². The Hall–Kier alpha value is -1.60. The second-order valence-corrected chi connectivity index (χ2v) is 6.58. The highest BCUT2D eigenvalue weighted by atomic mass is 19.4. The molecule has 1 aliphatic heterocycles. The lowest BCUT2D eigenvalue weighted by molar-refractivity contribution is -0.137. The van der Waals surface area contributed by atoms with Gasteiger partial charge in [-0.1, -0.05) is 18.2 Å². The van der Waals surface area contributed by atoms with Gasteiger partial charge in [-0.3, -0.25) is 4.79 Å². The first kappa shape index (κ1) is 17.2. The van der Waals surface area contributed by atoms with Crippen molar-refractivity contribution in [1.29, 1.82) is 0 Å². The highest BCUT2D eigenvalue weighted by molar-refractivity contribution is 5.82. The minimum atomic E-state index is -4.35. The smallest absolute Gasteiger partial charge is 0.375 e. The highest BCUT2D eigenvalue weighted by Crippen LogP contribution is 2.48. The number of nitrogens with one attached hydrogen (secondary N) is 2. The maximum atomic E-state index is 12.9. The van der Waals surface area contributed by atoms with Gasteiger partial charge < -0.3 is 15.4 Å². The standard InChI is InChI=1S/C17H21F3N2O2/c1-11-14(21-7-8-24-11)15(23)22-10-16(5-6-16)12-3-2-4-13(9-12)17(18,19)20/h2-4,9,11,14,21H,5-8,10H2,1H3,(H,22,23)/t11-,14+/m1/s1. The molecule has 7 heteroatoms. The first-order valence-electron chi connectivity index (χ1n) is 8.12. The van der Waals surface area contributed by atoms with E-state index in [0.29, 0.717) is 25.3 Å². The lowest BCUT2D eigenvalue weighted by atomic mass is 9.94. The van der Waals surface area contributed by atoms with Gasteiger partial charge in [0, 0.05) is 18.5 Å². The Balaban J connectivity index is 1.66. The van der Waals surface area contributed by atoms with E-state index in [0.717, 1.165) is 18.9 Å². The van der Waals surface area contributed by atoms with E-state index in [-0.39, 0.29) is 17.4 Å². The average Bonchev–Trinajstić information content (AvgIpc) is 3.34. The third-order valence-corrected chi connectivity index (χ3v) is 4.86. The summed E-state index contributed by atoms with van der Waals surface area (Å²) in [5, 5.41) is 5.99. The van der Waals surface area contributed by atoms with E-state index in [4.69, 9.17) is 4.74 Å². The molecule has 2 fully saturated rings. The number of hydrogen-bond acceptors (Lipinski definition) is 3. The molecule has 0 bridgehead atoms. The van der Waals surface area contributed by atoms with Crippen LogP contribution >= 0.6 is 0 Å². The number of benzene rings is 1. The minimum Gasteiger partial charge on any atom is -0.375 e. The van der Waals surface area contributed by atoms with E-state index < -0.39 is 17.8 Å². The van der Waals surface area contributed by atoms with Crippen molar-refractivity contribution in [2.75, 3.05) is 19.7 Å². The zero-order valence-corrected chi connectivity index (χ0v) is 13.5. The zero-order chi connectivity index (χ0) is 17.4. The zero-order valence-electron chi connectivity index (χ0n) is 13.5. The van der Waals surface area contributed by atoms with Crippen LogP contribution in [0.5, 0.6) is 0 Å². The lowest BCUT2D eigenvalue weighted by Crippen LogP contribution is -2.56. The predicted octanol–water partition coefficient (Wildman–Crippen LogP) is 2.23. The van der Waals surface area contributed by atoms with Gasteiger partial charge in [0.15, 0.2) is 0 Å². The Morgan fingerprint density at radius 2 is 2.17 bits per heavy atom. The van der Waals surface area contributed by atoms with Gasteiger partial charge in [0.2, 0.25) is 5.91 Å². The molecule has 0 aromatic heterocycles. The summed E-state index contributed by atoms with van der Waals surface area (Å²) in [6.07, 6.45) is -3.02. The number of alkyl halides is 3. The lowest BCUT2D eigenvalue weighted by Gasteiger charge is -2.30. The Kier molecular flexibility index (Phi) is 4.57. The van der Waals surface area contributed by atoms with Gasteiger partial charge in [-0.15, -0.1) is 0 Å². The number of rotatable bonds is 4. The molecular weight excluding hydrogens is 321 g/mol. The fraction of sp³-hybridized carbons (Fsp3) is 0.588. The normalized spacial score (nSPS) is 26.0. The van der Waals surface area contributed by atoms with Gasteiger partial charge in [-0.2, -0.15) is 13.2 Å². The van der Waals surface area contributed by atoms with Crippen LogP contribution in [-0.2, 0) is 21.1 Å². The summed E-state index contributed by atoms with van der Waals surface area (Å²) in [7, 11) is 0. The van der Waals surface area contributed by atoms with Crippen molar-refractivity contribution >= 4 is 5.91 Å². The number of ether oxygens (including phenoxy) is 1. The fourth-order valence-electron chi connectivity index (χ4n) is 3.14. The van der Waals surface area contributed by atoms with E-state index in [1.165, 1.54) is 12.1 Å². The van der Waals surface area contributed by atoms with Crippen LogP contribution in [0.4, 0.5) is 13.2 Å². The topological polar surface area (TPSA) is 50.4 Å². The minimum absolute atomic E-state index is 0.166. The monoisotopic (exact) mass is 342 g/mol. The molecule has 0 radical (unpaired) electrons. The van der Waals surface area contributed by atoms with Crippen LogP contribution in [0.3, 0.4) is 0 Å². The molecule has 24 heavy (non-hydrogen) atoms. The molecule has 2 atom stereocenters. The largest absolute Gasteiger partial charge is 0.416 e. The van der Waals surface area contributed by atoms with Crippen molar-refractivity contribution in [2.24, 2.45) is 0 Å². The molecule has 3 rings (SSSR count). The van der Waals surface area contributed by atoms with E-state index in [1.54, 1.807) is 6.07 Å².